The first kappa shape index (κ1) is 7.56. The minimum Gasteiger partial charge on any atom is -0.335 e. The molecular formula is C10H11NOS. The van der Waals surface area contributed by atoms with E-state index in [1.165, 1.54) is 10.4 Å². The van der Waals surface area contributed by atoms with Gasteiger partial charge in [0.05, 0.1) is 0 Å². The van der Waals surface area contributed by atoms with E-state index in [-0.39, 0.29) is 0 Å². The third kappa shape index (κ3) is 1.03. The molecule has 0 bridgehead atoms. The number of fused-ring (bicyclic) bond motifs is 2. The molecule has 3 heteroatoms. The first-order valence-electron chi connectivity index (χ1n) is 4.69. The van der Waals surface area contributed by atoms with Crippen LogP contribution in [0.25, 0.3) is 0 Å². The summed E-state index contributed by atoms with van der Waals surface area (Å²) in [7, 11) is 0. The van der Waals surface area contributed by atoms with Gasteiger partial charge >= 0.3 is 0 Å². The molecule has 1 amide bonds. The fourth-order valence-corrected chi connectivity index (χ4v) is 3.28. The largest absolute Gasteiger partial charge is 0.335 e. The van der Waals surface area contributed by atoms with Gasteiger partial charge in [0, 0.05) is 30.3 Å². The van der Waals surface area contributed by atoms with Crippen LogP contribution < -0.4 is 0 Å². The highest BCUT2D eigenvalue weighted by atomic mass is 32.1. The lowest BCUT2D eigenvalue weighted by atomic mass is 10.0. The van der Waals surface area contributed by atoms with Crippen molar-refractivity contribution in [2.24, 2.45) is 0 Å². The molecule has 1 aromatic heterocycles. The summed E-state index contributed by atoms with van der Waals surface area (Å²) in [5.74, 6) is 0.349. The average molecular weight is 193 g/mol. The van der Waals surface area contributed by atoms with Gasteiger partial charge in [0.15, 0.2) is 0 Å². The summed E-state index contributed by atoms with van der Waals surface area (Å²) in [4.78, 5) is 15.0. The highest BCUT2D eigenvalue weighted by molar-refractivity contribution is 7.10. The van der Waals surface area contributed by atoms with Crippen molar-refractivity contribution >= 4 is 17.2 Å². The van der Waals surface area contributed by atoms with Crippen LogP contribution in [0.5, 0.6) is 0 Å². The fourth-order valence-electron chi connectivity index (χ4n) is 2.31. The quantitative estimate of drug-likeness (QED) is 0.615. The van der Waals surface area contributed by atoms with E-state index in [0.29, 0.717) is 11.9 Å². The Morgan fingerprint density at radius 3 is 3.38 bits per heavy atom. The second-order valence-corrected chi connectivity index (χ2v) is 4.79. The fraction of sp³-hybridized carbons (Fsp3) is 0.500. The molecule has 1 aromatic rings. The van der Waals surface area contributed by atoms with Crippen LogP contribution in [-0.2, 0) is 17.8 Å². The van der Waals surface area contributed by atoms with Gasteiger partial charge in [-0.2, -0.15) is 0 Å². The predicted molar refractivity (Wildman–Crippen MR) is 51.6 cm³/mol. The summed E-state index contributed by atoms with van der Waals surface area (Å²) in [6.07, 6.45) is 2.93. The summed E-state index contributed by atoms with van der Waals surface area (Å²) in [6, 6.07) is 2.67. The van der Waals surface area contributed by atoms with Gasteiger partial charge in [-0.15, -0.1) is 11.3 Å². The summed E-state index contributed by atoms with van der Waals surface area (Å²) >= 11 is 1.84. The molecule has 13 heavy (non-hydrogen) atoms. The smallest absolute Gasteiger partial charge is 0.223 e. The summed E-state index contributed by atoms with van der Waals surface area (Å²) in [5.41, 5.74) is 1.37. The highest BCUT2D eigenvalue weighted by Crippen LogP contribution is 2.33. The van der Waals surface area contributed by atoms with Gasteiger partial charge in [0.25, 0.3) is 0 Å². The van der Waals surface area contributed by atoms with Crippen molar-refractivity contribution in [2.75, 3.05) is 0 Å². The number of carbonyl (C=O) groups excluding carboxylic acids is 1. The molecule has 3 rings (SSSR count). The maximum Gasteiger partial charge on any atom is 0.223 e. The number of amides is 1. The number of thiophene rings is 1. The Kier molecular flexibility index (Phi) is 1.50. The Labute approximate surface area is 81.2 Å². The molecule has 2 aliphatic heterocycles. The topological polar surface area (TPSA) is 20.3 Å². The van der Waals surface area contributed by atoms with Crippen LogP contribution in [0.1, 0.15) is 23.3 Å². The number of carbonyl (C=O) groups is 1. The standard InChI is InChI=1S/C10H11NOS/c12-10-2-1-8-5-9-7(3-4-13-9)6-11(8)10/h3-4,8H,1-2,5-6H2/t8-/m0/s1. The van der Waals surface area contributed by atoms with Crippen molar-refractivity contribution in [3.8, 4) is 0 Å². The number of hydrogen-bond acceptors (Lipinski definition) is 2. The van der Waals surface area contributed by atoms with E-state index in [0.717, 1.165) is 25.8 Å². The molecule has 1 saturated heterocycles. The zero-order valence-electron chi connectivity index (χ0n) is 7.32. The van der Waals surface area contributed by atoms with E-state index < -0.39 is 0 Å². The van der Waals surface area contributed by atoms with Gasteiger partial charge in [-0.25, -0.2) is 0 Å². The van der Waals surface area contributed by atoms with E-state index in [4.69, 9.17) is 0 Å². The van der Waals surface area contributed by atoms with E-state index in [9.17, 15) is 4.79 Å². The Morgan fingerprint density at radius 1 is 1.54 bits per heavy atom. The van der Waals surface area contributed by atoms with Crippen LogP contribution in [0.2, 0.25) is 0 Å². The van der Waals surface area contributed by atoms with Crippen molar-refractivity contribution in [2.45, 2.75) is 31.8 Å². The monoisotopic (exact) mass is 193 g/mol. The molecule has 1 fully saturated rings. The molecule has 2 aliphatic rings. The highest BCUT2D eigenvalue weighted by Gasteiger charge is 2.35. The molecule has 0 N–H and O–H groups in total. The SMILES string of the molecule is O=C1CC[C@H]2Cc3sccc3CN12. The van der Waals surface area contributed by atoms with Crippen molar-refractivity contribution in [1.82, 2.24) is 4.90 Å². The number of hydrogen-bond donors (Lipinski definition) is 0. The van der Waals surface area contributed by atoms with E-state index in [1.807, 2.05) is 11.3 Å². The summed E-state index contributed by atoms with van der Waals surface area (Å²) in [6.45, 7) is 0.863. The minimum atomic E-state index is 0.349. The second kappa shape index (κ2) is 2.58. The third-order valence-electron chi connectivity index (χ3n) is 3.05. The zero-order valence-corrected chi connectivity index (χ0v) is 8.14. The normalized spacial score (nSPS) is 26.0. The van der Waals surface area contributed by atoms with Gasteiger partial charge < -0.3 is 4.90 Å². The maximum absolute atomic E-state index is 11.5. The lowest BCUT2D eigenvalue weighted by molar-refractivity contribution is -0.129. The van der Waals surface area contributed by atoms with Crippen molar-refractivity contribution in [3.05, 3.63) is 21.9 Å². The molecule has 0 saturated carbocycles. The van der Waals surface area contributed by atoms with Gasteiger partial charge in [-0.05, 0) is 23.4 Å². The molecular weight excluding hydrogens is 182 g/mol. The molecule has 68 valence electrons. The molecule has 1 atom stereocenters. The van der Waals surface area contributed by atoms with Crippen LogP contribution in [-0.4, -0.2) is 16.8 Å². The van der Waals surface area contributed by atoms with Crippen molar-refractivity contribution in [3.63, 3.8) is 0 Å². The molecule has 2 nitrogen and oxygen atoms in total. The Morgan fingerprint density at radius 2 is 2.46 bits per heavy atom. The van der Waals surface area contributed by atoms with Crippen LogP contribution in [0.15, 0.2) is 11.4 Å². The summed E-state index contributed by atoms with van der Waals surface area (Å²) < 4.78 is 0. The molecule has 0 aromatic carbocycles. The van der Waals surface area contributed by atoms with E-state index in [2.05, 4.69) is 16.3 Å². The maximum atomic E-state index is 11.5. The van der Waals surface area contributed by atoms with Crippen LogP contribution in [0.3, 0.4) is 0 Å². The predicted octanol–water partition coefficient (Wildman–Crippen LogP) is 1.80. The number of nitrogens with zero attached hydrogens (tertiary/aromatic N) is 1. The second-order valence-electron chi connectivity index (χ2n) is 3.79. The minimum absolute atomic E-state index is 0.349. The number of rotatable bonds is 0. The van der Waals surface area contributed by atoms with Gasteiger partial charge in [0.2, 0.25) is 5.91 Å². The van der Waals surface area contributed by atoms with Gasteiger partial charge in [-0.3, -0.25) is 4.79 Å². The lowest BCUT2D eigenvalue weighted by Gasteiger charge is -2.29. The first-order valence-corrected chi connectivity index (χ1v) is 5.57. The molecule has 0 radical (unpaired) electrons. The van der Waals surface area contributed by atoms with Crippen molar-refractivity contribution < 1.29 is 4.79 Å². The van der Waals surface area contributed by atoms with E-state index >= 15 is 0 Å². The van der Waals surface area contributed by atoms with Gasteiger partial charge in [-0.1, -0.05) is 0 Å². The molecule has 3 heterocycles. The molecule has 0 aliphatic carbocycles. The average Bonchev–Trinajstić information content (AvgIpc) is 2.70. The molecule has 0 spiro atoms. The Bertz CT molecular complexity index is 358. The Balaban J connectivity index is 1.98. The van der Waals surface area contributed by atoms with Crippen molar-refractivity contribution in [1.29, 1.82) is 0 Å². The van der Waals surface area contributed by atoms with Crippen LogP contribution in [0.4, 0.5) is 0 Å². The Hall–Kier alpha value is -0.830. The third-order valence-corrected chi connectivity index (χ3v) is 4.04. The molecule has 0 unspecified atom stereocenters. The van der Waals surface area contributed by atoms with Crippen LogP contribution in [0, 0.1) is 0 Å². The van der Waals surface area contributed by atoms with Crippen LogP contribution >= 0.6 is 11.3 Å². The summed E-state index contributed by atoms with van der Waals surface area (Å²) in [5, 5.41) is 2.14. The van der Waals surface area contributed by atoms with E-state index in [1.54, 1.807) is 0 Å². The van der Waals surface area contributed by atoms with Gasteiger partial charge in [0.1, 0.15) is 0 Å². The lowest BCUT2D eigenvalue weighted by Crippen LogP contribution is -2.37. The zero-order chi connectivity index (χ0) is 8.84. The first-order chi connectivity index (χ1) is 6.34.